The Kier molecular flexibility index (Phi) is 1.93. The minimum atomic E-state index is 0.132. The van der Waals surface area contributed by atoms with Crippen LogP contribution in [-0.4, -0.2) is 5.78 Å². The maximum atomic E-state index is 11.1. The Bertz CT molecular complexity index is 468. The minimum Gasteiger partial charge on any atom is -0.295 e. The molecule has 0 saturated carbocycles. The van der Waals surface area contributed by atoms with Crippen molar-refractivity contribution in [1.82, 2.24) is 0 Å². The molecular formula is C11H10OS. The summed E-state index contributed by atoms with van der Waals surface area (Å²) in [5.41, 5.74) is 2.05. The zero-order valence-electron chi connectivity index (χ0n) is 7.63. The van der Waals surface area contributed by atoms with Crippen LogP contribution in [0.1, 0.15) is 22.8 Å². The average Bonchev–Trinajstić information content (AvgIpc) is 2.47. The summed E-state index contributed by atoms with van der Waals surface area (Å²) >= 11 is 1.72. The standard InChI is InChI=1S/C11H10OS/c1-7-6-13-11-4-3-9(8(2)12)5-10(7)11/h3-6H,1-2H3. The zero-order valence-corrected chi connectivity index (χ0v) is 8.44. The molecule has 2 rings (SSSR count). The first-order valence-electron chi connectivity index (χ1n) is 4.17. The van der Waals surface area contributed by atoms with Crippen LogP contribution >= 0.6 is 11.3 Å². The molecular weight excluding hydrogens is 180 g/mol. The second-order valence-corrected chi connectivity index (χ2v) is 4.10. The third-order valence-corrected chi connectivity index (χ3v) is 3.25. The number of rotatable bonds is 1. The lowest BCUT2D eigenvalue weighted by Gasteiger charge is -1.96. The number of ketones is 1. The van der Waals surface area contributed by atoms with Crippen molar-refractivity contribution in [3.05, 3.63) is 34.7 Å². The minimum absolute atomic E-state index is 0.132. The van der Waals surface area contributed by atoms with E-state index in [1.807, 2.05) is 18.2 Å². The molecule has 0 bridgehead atoms. The SMILES string of the molecule is CC(=O)c1ccc2scc(C)c2c1. The van der Waals surface area contributed by atoms with E-state index >= 15 is 0 Å². The molecule has 1 aromatic carbocycles. The van der Waals surface area contributed by atoms with Crippen LogP contribution in [0.2, 0.25) is 0 Å². The lowest BCUT2D eigenvalue weighted by molar-refractivity contribution is 0.101. The van der Waals surface area contributed by atoms with E-state index < -0.39 is 0 Å². The van der Waals surface area contributed by atoms with E-state index in [2.05, 4.69) is 12.3 Å². The van der Waals surface area contributed by atoms with Gasteiger partial charge in [0.25, 0.3) is 0 Å². The molecule has 0 unspecified atom stereocenters. The Morgan fingerprint density at radius 3 is 2.85 bits per heavy atom. The van der Waals surface area contributed by atoms with Crippen molar-refractivity contribution in [1.29, 1.82) is 0 Å². The molecule has 0 aliphatic carbocycles. The summed E-state index contributed by atoms with van der Waals surface area (Å²) in [4.78, 5) is 11.1. The van der Waals surface area contributed by atoms with Gasteiger partial charge in [0, 0.05) is 10.3 Å². The molecule has 2 heteroatoms. The number of hydrogen-bond acceptors (Lipinski definition) is 2. The van der Waals surface area contributed by atoms with Crippen molar-refractivity contribution in [2.24, 2.45) is 0 Å². The fourth-order valence-corrected chi connectivity index (χ4v) is 2.30. The second-order valence-electron chi connectivity index (χ2n) is 3.19. The quantitative estimate of drug-likeness (QED) is 0.630. The summed E-state index contributed by atoms with van der Waals surface area (Å²) in [7, 11) is 0. The van der Waals surface area contributed by atoms with Crippen LogP contribution < -0.4 is 0 Å². The van der Waals surface area contributed by atoms with E-state index in [0.717, 1.165) is 5.56 Å². The lowest BCUT2D eigenvalue weighted by atomic mass is 10.1. The monoisotopic (exact) mass is 190 g/mol. The van der Waals surface area contributed by atoms with Crippen molar-refractivity contribution in [3.8, 4) is 0 Å². The van der Waals surface area contributed by atoms with Gasteiger partial charge in [-0.3, -0.25) is 4.79 Å². The van der Waals surface area contributed by atoms with E-state index in [4.69, 9.17) is 0 Å². The highest BCUT2D eigenvalue weighted by molar-refractivity contribution is 7.17. The van der Waals surface area contributed by atoms with Gasteiger partial charge in [-0.25, -0.2) is 0 Å². The maximum Gasteiger partial charge on any atom is 0.159 e. The predicted octanol–water partition coefficient (Wildman–Crippen LogP) is 3.41. The Labute approximate surface area is 81.0 Å². The number of Topliss-reactive ketones (excluding diaryl/α,β-unsaturated/α-hetero) is 1. The first-order valence-corrected chi connectivity index (χ1v) is 5.05. The van der Waals surface area contributed by atoms with E-state index in [0.29, 0.717) is 0 Å². The number of carbonyl (C=O) groups is 1. The molecule has 0 radical (unpaired) electrons. The summed E-state index contributed by atoms with van der Waals surface area (Å²) in [5, 5.41) is 3.33. The van der Waals surface area contributed by atoms with Crippen LogP contribution in [0.25, 0.3) is 10.1 Å². The first-order chi connectivity index (χ1) is 6.18. The van der Waals surface area contributed by atoms with Gasteiger partial charge in [-0.1, -0.05) is 0 Å². The van der Waals surface area contributed by atoms with Gasteiger partial charge in [0.15, 0.2) is 5.78 Å². The summed E-state index contributed by atoms with van der Waals surface area (Å²) in [5.74, 6) is 0.132. The van der Waals surface area contributed by atoms with E-state index in [9.17, 15) is 4.79 Å². The zero-order chi connectivity index (χ0) is 9.42. The topological polar surface area (TPSA) is 17.1 Å². The number of aryl methyl sites for hydroxylation is 1. The molecule has 0 aliphatic heterocycles. The van der Waals surface area contributed by atoms with Crippen LogP contribution in [0.5, 0.6) is 0 Å². The van der Waals surface area contributed by atoms with E-state index in [1.54, 1.807) is 18.3 Å². The summed E-state index contributed by atoms with van der Waals surface area (Å²) in [6.45, 7) is 3.67. The van der Waals surface area contributed by atoms with Crippen molar-refractivity contribution in [2.45, 2.75) is 13.8 Å². The van der Waals surface area contributed by atoms with Crippen LogP contribution in [0.3, 0.4) is 0 Å². The maximum absolute atomic E-state index is 11.1. The van der Waals surface area contributed by atoms with Gasteiger partial charge >= 0.3 is 0 Å². The first kappa shape index (κ1) is 8.45. The molecule has 0 aliphatic rings. The van der Waals surface area contributed by atoms with Gasteiger partial charge in [-0.15, -0.1) is 11.3 Å². The van der Waals surface area contributed by atoms with Gasteiger partial charge < -0.3 is 0 Å². The third-order valence-electron chi connectivity index (χ3n) is 2.17. The molecule has 13 heavy (non-hydrogen) atoms. The molecule has 1 heterocycles. The number of thiophene rings is 1. The summed E-state index contributed by atoms with van der Waals surface area (Å²) < 4.78 is 1.25. The molecule has 0 spiro atoms. The van der Waals surface area contributed by atoms with Crippen LogP contribution in [0.4, 0.5) is 0 Å². The molecule has 2 aromatic rings. The summed E-state index contributed by atoms with van der Waals surface area (Å²) in [6, 6.07) is 5.88. The van der Waals surface area contributed by atoms with Crippen molar-refractivity contribution in [3.63, 3.8) is 0 Å². The fraction of sp³-hybridized carbons (Fsp3) is 0.182. The Morgan fingerprint density at radius 1 is 1.38 bits per heavy atom. The molecule has 0 N–H and O–H groups in total. The van der Waals surface area contributed by atoms with Crippen molar-refractivity contribution >= 4 is 27.2 Å². The molecule has 1 aromatic heterocycles. The Morgan fingerprint density at radius 2 is 2.15 bits per heavy atom. The Balaban J connectivity index is 2.72. The number of benzene rings is 1. The highest BCUT2D eigenvalue weighted by Gasteiger charge is 2.03. The van der Waals surface area contributed by atoms with Gasteiger partial charge in [-0.2, -0.15) is 0 Å². The molecule has 0 fully saturated rings. The van der Waals surface area contributed by atoms with Gasteiger partial charge in [-0.05, 0) is 48.4 Å². The lowest BCUT2D eigenvalue weighted by Crippen LogP contribution is -1.90. The largest absolute Gasteiger partial charge is 0.295 e. The Hall–Kier alpha value is -1.15. The van der Waals surface area contributed by atoms with Crippen LogP contribution in [0, 0.1) is 6.92 Å². The smallest absolute Gasteiger partial charge is 0.159 e. The third kappa shape index (κ3) is 1.38. The van der Waals surface area contributed by atoms with Crippen molar-refractivity contribution in [2.75, 3.05) is 0 Å². The molecule has 0 saturated heterocycles. The molecule has 0 atom stereocenters. The number of fused-ring (bicyclic) bond motifs is 1. The fourth-order valence-electron chi connectivity index (χ4n) is 1.38. The molecule has 0 amide bonds. The van der Waals surface area contributed by atoms with Gasteiger partial charge in [0.05, 0.1) is 0 Å². The average molecular weight is 190 g/mol. The molecule has 66 valence electrons. The predicted molar refractivity (Wildman–Crippen MR) is 56.6 cm³/mol. The van der Waals surface area contributed by atoms with E-state index in [1.165, 1.54) is 15.6 Å². The second kappa shape index (κ2) is 2.96. The van der Waals surface area contributed by atoms with Crippen molar-refractivity contribution < 1.29 is 4.79 Å². The molecule has 1 nitrogen and oxygen atoms in total. The van der Waals surface area contributed by atoms with Crippen LogP contribution in [0.15, 0.2) is 23.6 Å². The van der Waals surface area contributed by atoms with Gasteiger partial charge in [0.1, 0.15) is 0 Å². The normalized spacial score (nSPS) is 10.6. The summed E-state index contributed by atoms with van der Waals surface area (Å²) in [6.07, 6.45) is 0. The van der Waals surface area contributed by atoms with E-state index in [-0.39, 0.29) is 5.78 Å². The highest BCUT2D eigenvalue weighted by atomic mass is 32.1. The number of hydrogen-bond donors (Lipinski definition) is 0. The number of carbonyl (C=O) groups excluding carboxylic acids is 1. The highest BCUT2D eigenvalue weighted by Crippen LogP contribution is 2.26. The van der Waals surface area contributed by atoms with Gasteiger partial charge in [0.2, 0.25) is 0 Å². The van der Waals surface area contributed by atoms with Crippen LogP contribution in [-0.2, 0) is 0 Å².